The third-order valence-corrected chi connectivity index (χ3v) is 4.88. The van der Waals surface area contributed by atoms with Gasteiger partial charge in [0.2, 0.25) is 11.6 Å². The van der Waals surface area contributed by atoms with Crippen LogP contribution in [0.2, 0.25) is 0 Å². The van der Waals surface area contributed by atoms with Crippen molar-refractivity contribution in [2.45, 2.75) is 12.6 Å². The number of pyridine rings is 1. The van der Waals surface area contributed by atoms with Crippen molar-refractivity contribution in [3.8, 4) is 0 Å². The van der Waals surface area contributed by atoms with Crippen molar-refractivity contribution in [3.05, 3.63) is 65.9 Å². The smallest absolute Gasteiger partial charge is 0.378 e. The van der Waals surface area contributed by atoms with Crippen LogP contribution in [0.1, 0.15) is 11.3 Å². The first-order valence-electron chi connectivity index (χ1n) is 10.2. The molecule has 0 spiro atoms. The molecule has 1 fully saturated rings. The number of hydrogen-bond donors (Lipinski definition) is 1. The van der Waals surface area contributed by atoms with E-state index in [1.165, 1.54) is 18.5 Å². The van der Waals surface area contributed by atoms with Gasteiger partial charge in [0.05, 0.1) is 36.9 Å². The molecule has 0 bridgehead atoms. The van der Waals surface area contributed by atoms with E-state index in [1.807, 2.05) is 4.90 Å². The number of hydrogen-bond acceptors (Lipinski definition) is 6. The molecule has 3 aromatic rings. The number of nitrogens with zero attached hydrogens (tertiary/aromatic N) is 4. The number of nitrogens with one attached hydrogen (secondary N) is 2. The summed E-state index contributed by atoms with van der Waals surface area (Å²) in [5, 5.41) is 2.91. The van der Waals surface area contributed by atoms with Crippen molar-refractivity contribution in [1.29, 1.82) is 0 Å². The van der Waals surface area contributed by atoms with E-state index >= 15 is 0 Å². The van der Waals surface area contributed by atoms with Crippen molar-refractivity contribution < 1.29 is 27.3 Å². The number of halogens is 4. The molecule has 1 aliphatic heterocycles. The topological polar surface area (TPSA) is 76.8 Å². The number of ether oxygens (including phenoxy) is 1. The van der Waals surface area contributed by atoms with Crippen molar-refractivity contribution in [2.75, 3.05) is 36.5 Å². The molecule has 4 rings (SSSR count). The summed E-state index contributed by atoms with van der Waals surface area (Å²) in [6, 6.07) is 8.40. The molecule has 0 amide bonds. The molecule has 1 aliphatic rings. The summed E-state index contributed by atoms with van der Waals surface area (Å²) in [5.74, 6) is 0.0365. The maximum Gasteiger partial charge on any atom is 0.432 e. The van der Waals surface area contributed by atoms with Crippen LogP contribution in [-0.4, -0.2) is 42.5 Å². The highest BCUT2D eigenvalue weighted by molar-refractivity contribution is 5.64. The van der Waals surface area contributed by atoms with E-state index in [2.05, 4.69) is 25.3 Å². The Morgan fingerprint density at radius 2 is 1.97 bits per heavy atom. The first-order valence-corrected chi connectivity index (χ1v) is 10.2. The highest BCUT2D eigenvalue weighted by atomic mass is 19.4. The summed E-state index contributed by atoms with van der Waals surface area (Å²) in [6.45, 7) is 2.15. The molecular weight excluding hydrogens is 440 g/mol. The summed E-state index contributed by atoms with van der Waals surface area (Å²) in [7, 11) is 0. The van der Waals surface area contributed by atoms with E-state index < -0.39 is 17.6 Å². The molecule has 33 heavy (non-hydrogen) atoms. The van der Waals surface area contributed by atoms with Crippen LogP contribution in [0.25, 0.3) is 0 Å². The minimum Gasteiger partial charge on any atom is -0.378 e. The average molecular weight is 461 g/mol. The molecule has 0 unspecified atom stereocenters. The van der Waals surface area contributed by atoms with Gasteiger partial charge in [0.15, 0.2) is 0 Å². The van der Waals surface area contributed by atoms with Gasteiger partial charge in [-0.3, -0.25) is 4.98 Å². The lowest BCUT2D eigenvalue weighted by atomic mass is 10.2. The minimum atomic E-state index is -4.40. The first kappa shape index (κ1) is 22.6. The van der Waals surface area contributed by atoms with Crippen LogP contribution in [-0.2, 0) is 17.3 Å². The lowest BCUT2D eigenvalue weighted by molar-refractivity contribution is -0.369. The van der Waals surface area contributed by atoms with Crippen molar-refractivity contribution in [2.24, 2.45) is 4.99 Å². The third kappa shape index (κ3) is 6.01. The Labute approximate surface area is 187 Å². The number of aromatic nitrogens is 3. The van der Waals surface area contributed by atoms with Crippen LogP contribution in [0.3, 0.4) is 0 Å². The monoisotopic (exact) mass is 461 g/mol. The number of morpholine rings is 1. The Morgan fingerprint density at radius 3 is 2.70 bits per heavy atom. The summed E-state index contributed by atoms with van der Waals surface area (Å²) >= 11 is 0. The second-order valence-corrected chi connectivity index (χ2v) is 7.25. The van der Waals surface area contributed by atoms with E-state index in [-0.39, 0.29) is 11.8 Å². The second kappa shape index (κ2) is 9.90. The number of aromatic amines is 1. The number of alkyl halides is 3. The van der Waals surface area contributed by atoms with Crippen LogP contribution in [0.15, 0.2) is 53.8 Å². The van der Waals surface area contributed by atoms with Gasteiger partial charge < -0.3 is 15.0 Å². The normalized spacial score (nSPS) is 14.6. The molecule has 1 saturated heterocycles. The molecule has 2 N–H and O–H groups in total. The fourth-order valence-electron chi connectivity index (χ4n) is 3.23. The molecule has 7 nitrogen and oxygen atoms in total. The first-order chi connectivity index (χ1) is 15.9. The third-order valence-electron chi connectivity index (χ3n) is 4.88. The lowest BCUT2D eigenvalue weighted by Gasteiger charge is -2.25. The molecule has 0 atom stereocenters. The van der Waals surface area contributed by atoms with Gasteiger partial charge >= 0.3 is 12.1 Å². The van der Waals surface area contributed by atoms with E-state index in [4.69, 9.17) is 4.74 Å². The van der Waals surface area contributed by atoms with E-state index in [9.17, 15) is 17.6 Å². The SMILES string of the molecule is Fc1c[nH+]c(N=CCc2ccc(Nc3cccc(C(F)(F)F)c3)cn2)nc1N1CCOCC1. The fraction of sp³-hybridized carbons (Fsp3) is 0.273. The number of anilines is 3. The van der Waals surface area contributed by atoms with E-state index in [0.29, 0.717) is 49.8 Å². The van der Waals surface area contributed by atoms with Gasteiger partial charge in [-0.25, -0.2) is 4.98 Å². The highest BCUT2D eigenvalue weighted by Gasteiger charge is 2.30. The zero-order chi connectivity index (χ0) is 23.3. The standard InChI is InChI=1S/C22H20F4N6O/c23-19-14-29-21(31-20(19)32-8-10-33-11-9-32)27-7-6-16-4-5-18(13-28-16)30-17-3-1-2-15(12-17)22(24,25)26/h1-5,7,12-14,30H,6,8-11H2/p+1. The van der Waals surface area contributed by atoms with E-state index in [1.54, 1.807) is 24.4 Å². The number of aliphatic imine (C=N–C) groups is 1. The van der Waals surface area contributed by atoms with Crippen molar-refractivity contribution in [3.63, 3.8) is 0 Å². The van der Waals surface area contributed by atoms with E-state index in [0.717, 1.165) is 12.1 Å². The number of H-pyrrole nitrogens is 1. The molecule has 1 aromatic carbocycles. The van der Waals surface area contributed by atoms with Gasteiger partial charge in [-0.15, -0.1) is 0 Å². The Morgan fingerprint density at radius 1 is 1.15 bits per heavy atom. The second-order valence-electron chi connectivity index (χ2n) is 7.25. The van der Waals surface area contributed by atoms with Gasteiger partial charge in [0.1, 0.15) is 6.20 Å². The van der Waals surface area contributed by atoms with Crippen LogP contribution < -0.4 is 15.2 Å². The van der Waals surface area contributed by atoms with Crippen LogP contribution >= 0.6 is 0 Å². The Balaban J connectivity index is 1.37. The maximum absolute atomic E-state index is 14.1. The molecule has 172 valence electrons. The zero-order valence-electron chi connectivity index (χ0n) is 17.4. The molecular formula is C22H21F4N6O+. The molecule has 2 aromatic heterocycles. The van der Waals surface area contributed by atoms with Crippen LogP contribution in [0.4, 0.5) is 40.7 Å². The molecule has 3 heterocycles. The quantitative estimate of drug-likeness (QED) is 0.444. The van der Waals surface area contributed by atoms with Crippen molar-refractivity contribution in [1.82, 2.24) is 9.97 Å². The summed E-state index contributed by atoms with van der Waals surface area (Å²) < 4.78 is 58.0. The van der Waals surface area contributed by atoms with Gasteiger partial charge in [-0.2, -0.15) is 17.6 Å². The largest absolute Gasteiger partial charge is 0.432 e. The molecule has 11 heteroatoms. The average Bonchev–Trinajstić information content (AvgIpc) is 2.81. The van der Waals surface area contributed by atoms with Gasteiger partial charge in [-0.05, 0) is 35.3 Å². The molecule has 0 aliphatic carbocycles. The predicted octanol–water partition coefficient (Wildman–Crippen LogP) is 3.97. The summed E-state index contributed by atoms with van der Waals surface area (Å²) in [6.07, 6.45) is 0.337. The number of rotatable bonds is 6. The lowest BCUT2D eigenvalue weighted by Crippen LogP contribution is -2.37. The van der Waals surface area contributed by atoms with Gasteiger partial charge in [-0.1, -0.05) is 11.1 Å². The van der Waals surface area contributed by atoms with Crippen LogP contribution in [0, 0.1) is 5.82 Å². The minimum absolute atomic E-state index is 0.229. The Kier molecular flexibility index (Phi) is 6.78. The van der Waals surface area contributed by atoms with Gasteiger partial charge in [0.25, 0.3) is 0 Å². The Hall–Kier alpha value is -3.60. The summed E-state index contributed by atoms with van der Waals surface area (Å²) in [5.41, 5.74) is 0.841. The predicted molar refractivity (Wildman–Crippen MR) is 115 cm³/mol. The molecule has 0 radical (unpaired) electrons. The maximum atomic E-state index is 14.1. The van der Waals surface area contributed by atoms with Gasteiger partial charge in [0, 0.05) is 30.9 Å². The zero-order valence-corrected chi connectivity index (χ0v) is 17.4. The van der Waals surface area contributed by atoms with Crippen LogP contribution in [0.5, 0.6) is 0 Å². The fourth-order valence-corrected chi connectivity index (χ4v) is 3.23. The molecule has 0 saturated carbocycles. The number of benzene rings is 1. The van der Waals surface area contributed by atoms with Crippen molar-refractivity contribution >= 4 is 29.4 Å². The summed E-state index contributed by atoms with van der Waals surface area (Å²) in [4.78, 5) is 17.3. The highest BCUT2D eigenvalue weighted by Crippen LogP contribution is 2.31. The Bertz CT molecular complexity index is 1110.